The van der Waals surface area contributed by atoms with Crippen molar-refractivity contribution >= 4 is 17.3 Å². The van der Waals surface area contributed by atoms with E-state index in [0.717, 1.165) is 32.4 Å². The molecule has 0 bridgehead atoms. The molecule has 1 heterocycles. The number of halogens is 1. The van der Waals surface area contributed by atoms with Gasteiger partial charge in [0.15, 0.2) is 0 Å². The van der Waals surface area contributed by atoms with E-state index in [9.17, 15) is 9.18 Å². The number of anilines is 2. The molecule has 2 atom stereocenters. The molecule has 116 valence electrons. The van der Waals surface area contributed by atoms with Crippen LogP contribution in [-0.2, 0) is 4.79 Å². The maximum absolute atomic E-state index is 14.2. The summed E-state index contributed by atoms with van der Waals surface area (Å²) in [5, 5.41) is 2.69. The maximum Gasteiger partial charge on any atom is 0.241 e. The third-order valence-corrected chi connectivity index (χ3v) is 4.22. The first-order chi connectivity index (χ1) is 10.0. The Morgan fingerprint density at radius 3 is 2.67 bits per heavy atom. The molecule has 1 amide bonds. The molecule has 1 aromatic carbocycles. The number of nitrogens with one attached hydrogen (secondary N) is 1. The van der Waals surface area contributed by atoms with Crippen LogP contribution in [-0.4, -0.2) is 25.0 Å². The van der Waals surface area contributed by atoms with Crippen LogP contribution in [0.25, 0.3) is 0 Å². The van der Waals surface area contributed by atoms with Gasteiger partial charge in [0.1, 0.15) is 5.82 Å². The van der Waals surface area contributed by atoms with Crippen LogP contribution in [0, 0.1) is 11.7 Å². The summed E-state index contributed by atoms with van der Waals surface area (Å²) in [6.07, 6.45) is 3.03. The lowest BCUT2D eigenvalue weighted by molar-refractivity contribution is -0.118. The van der Waals surface area contributed by atoms with Crippen molar-refractivity contribution in [2.45, 2.75) is 39.2 Å². The summed E-state index contributed by atoms with van der Waals surface area (Å²) in [6.45, 7) is 5.70. The van der Waals surface area contributed by atoms with Gasteiger partial charge in [-0.3, -0.25) is 4.79 Å². The summed E-state index contributed by atoms with van der Waals surface area (Å²) in [4.78, 5) is 14.0. The Morgan fingerprint density at radius 1 is 1.43 bits per heavy atom. The Morgan fingerprint density at radius 2 is 2.10 bits per heavy atom. The van der Waals surface area contributed by atoms with Gasteiger partial charge in [-0.1, -0.05) is 20.3 Å². The first kappa shape index (κ1) is 15.8. The van der Waals surface area contributed by atoms with Gasteiger partial charge in [0.05, 0.1) is 11.7 Å². The predicted octanol–water partition coefficient (Wildman–Crippen LogP) is 2.74. The van der Waals surface area contributed by atoms with E-state index in [1.54, 1.807) is 12.1 Å². The molecular formula is C16H24FN3O. The molecule has 3 N–H and O–H groups in total. The number of hydrogen-bond acceptors (Lipinski definition) is 3. The topological polar surface area (TPSA) is 58.4 Å². The van der Waals surface area contributed by atoms with Gasteiger partial charge in [-0.15, -0.1) is 0 Å². The van der Waals surface area contributed by atoms with Crippen molar-refractivity contribution in [3.05, 3.63) is 24.0 Å². The summed E-state index contributed by atoms with van der Waals surface area (Å²) >= 11 is 0. The average molecular weight is 293 g/mol. The van der Waals surface area contributed by atoms with E-state index in [-0.39, 0.29) is 17.6 Å². The van der Waals surface area contributed by atoms with Crippen LogP contribution in [0.3, 0.4) is 0 Å². The standard InChI is InChI=1S/C16H24FN3O/c1-3-11(2)15(18)16(21)19-12-6-7-14(13(17)10-12)20-8-4-5-9-20/h6-7,10-11,15H,3-5,8-9,18H2,1-2H3,(H,19,21)/t11?,15-/m0/s1. The van der Waals surface area contributed by atoms with Gasteiger partial charge in [-0.25, -0.2) is 4.39 Å². The summed E-state index contributed by atoms with van der Waals surface area (Å²) in [6, 6.07) is 4.26. The molecule has 1 aliphatic rings. The fourth-order valence-electron chi connectivity index (χ4n) is 2.54. The predicted molar refractivity (Wildman–Crippen MR) is 83.9 cm³/mol. The Kier molecular flexibility index (Phi) is 5.17. The second-order valence-corrected chi connectivity index (χ2v) is 5.76. The molecule has 1 aliphatic heterocycles. The zero-order valence-corrected chi connectivity index (χ0v) is 12.7. The third-order valence-electron chi connectivity index (χ3n) is 4.22. The average Bonchev–Trinajstić information content (AvgIpc) is 2.99. The summed E-state index contributed by atoms with van der Waals surface area (Å²) < 4.78 is 14.2. The van der Waals surface area contributed by atoms with Gasteiger partial charge >= 0.3 is 0 Å². The van der Waals surface area contributed by atoms with Crippen molar-refractivity contribution in [2.75, 3.05) is 23.3 Å². The molecule has 0 spiro atoms. The van der Waals surface area contributed by atoms with E-state index < -0.39 is 6.04 Å². The first-order valence-electron chi connectivity index (χ1n) is 7.64. The highest BCUT2D eigenvalue weighted by molar-refractivity contribution is 5.95. The van der Waals surface area contributed by atoms with E-state index >= 15 is 0 Å². The van der Waals surface area contributed by atoms with Gasteiger partial charge < -0.3 is 16.0 Å². The van der Waals surface area contributed by atoms with Crippen LogP contribution in [0.15, 0.2) is 18.2 Å². The van der Waals surface area contributed by atoms with Crippen LogP contribution in [0.4, 0.5) is 15.8 Å². The molecule has 1 aromatic rings. The number of hydrogen-bond donors (Lipinski definition) is 2. The van der Waals surface area contributed by atoms with Crippen LogP contribution in [0.1, 0.15) is 33.1 Å². The van der Waals surface area contributed by atoms with E-state index in [2.05, 4.69) is 5.32 Å². The van der Waals surface area contributed by atoms with Crippen molar-refractivity contribution in [2.24, 2.45) is 11.7 Å². The second kappa shape index (κ2) is 6.89. The lowest BCUT2D eigenvalue weighted by atomic mass is 9.99. The molecule has 0 aliphatic carbocycles. The smallest absolute Gasteiger partial charge is 0.241 e. The quantitative estimate of drug-likeness (QED) is 0.877. The minimum absolute atomic E-state index is 0.0960. The number of amides is 1. The van der Waals surface area contributed by atoms with Crippen LogP contribution in [0.2, 0.25) is 0 Å². The van der Waals surface area contributed by atoms with Gasteiger partial charge in [0.25, 0.3) is 0 Å². The van der Waals surface area contributed by atoms with Crippen LogP contribution < -0.4 is 16.0 Å². The van der Waals surface area contributed by atoms with Crippen LogP contribution in [0.5, 0.6) is 0 Å². The molecule has 1 unspecified atom stereocenters. The van der Waals surface area contributed by atoms with Gasteiger partial charge in [0.2, 0.25) is 5.91 Å². The molecule has 2 rings (SSSR count). The number of nitrogens with two attached hydrogens (primary N) is 1. The maximum atomic E-state index is 14.2. The number of carbonyl (C=O) groups excluding carboxylic acids is 1. The van der Waals surface area contributed by atoms with Gasteiger partial charge in [0, 0.05) is 18.8 Å². The zero-order chi connectivity index (χ0) is 15.4. The van der Waals surface area contributed by atoms with Gasteiger partial charge in [-0.2, -0.15) is 0 Å². The highest BCUT2D eigenvalue weighted by Gasteiger charge is 2.20. The number of carbonyl (C=O) groups is 1. The SMILES string of the molecule is CCC(C)[C@H](N)C(=O)Nc1ccc(N2CCCC2)c(F)c1. The summed E-state index contributed by atoms with van der Waals surface area (Å²) in [7, 11) is 0. The fraction of sp³-hybridized carbons (Fsp3) is 0.562. The molecule has 0 radical (unpaired) electrons. The first-order valence-corrected chi connectivity index (χ1v) is 7.64. The van der Waals surface area contributed by atoms with Crippen molar-refractivity contribution in [3.63, 3.8) is 0 Å². The largest absolute Gasteiger partial charge is 0.369 e. The Hall–Kier alpha value is -1.62. The van der Waals surface area contributed by atoms with E-state index in [1.165, 1.54) is 6.07 Å². The van der Waals surface area contributed by atoms with E-state index in [1.807, 2.05) is 18.7 Å². The molecule has 5 heteroatoms. The highest BCUT2D eigenvalue weighted by Crippen LogP contribution is 2.26. The normalized spacial score (nSPS) is 17.6. The summed E-state index contributed by atoms with van der Waals surface area (Å²) in [5.41, 5.74) is 6.94. The molecule has 21 heavy (non-hydrogen) atoms. The Labute approximate surface area is 125 Å². The molecule has 0 saturated carbocycles. The Balaban J connectivity index is 2.04. The van der Waals surface area contributed by atoms with E-state index in [0.29, 0.717) is 11.4 Å². The van der Waals surface area contributed by atoms with Crippen molar-refractivity contribution in [1.29, 1.82) is 0 Å². The van der Waals surface area contributed by atoms with Crippen molar-refractivity contribution in [1.82, 2.24) is 0 Å². The molecule has 1 saturated heterocycles. The fourth-order valence-corrected chi connectivity index (χ4v) is 2.54. The van der Waals surface area contributed by atoms with Crippen molar-refractivity contribution < 1.29 is 9.18 Å². The third kappa shape index (κ3) is 3.73. The molecule has 0 aromatic heterocycles. The van der Waals surface area contributed by atoms with Crippen molar-refractivity contribution in [3.8, 4) is 0 Å². The molecule has 4 nitrogen and oxygen atoms in total. The second-order valence-electron chi connectivity index (χ2n) is 5.76. The Bertz CT molecular complexity index is 500. The monoisotopic (exact) mass is 293 g/mol. The van der Waals surface area contributed by atoms with Crippen LogP contribution >= 0.6 is 0 Å². The number of benzene rings is 1. The number of nitrogens with zero attached hydrogens (tertiary/aromatic N) is 1. The molecule has 1 fully saturated rings. The highest BCUT2D eigenvalue weighted by atomic mass is 19.1. The summed E-state index contributed by atoms with van der Waals surface area (Å²) in [5.74, 6) is -0.469. The molecular weight excluding hydrogens is 269 g/mol. The lowest BCUT2D eigenvalue weighted by Crippen LogP contribution is -2.40. The van der Waals surface area contributed by atoms with E-state index in [4.69, 9.17) is 5.73 Å². The zero-order valence-electron chi connectivity index (χ0n) is 12.7. The minimum atomic E-state index is -0.573. The van der Waals surface area contributed by atoms with Gasteiger partial charge in [-0.05, 0) is 37.0 Å². The minimum Gasteiger partial charge on any atom is -0.369 e. The lowest BCUT2D eigenvalue weighted by Gasteiger charge is -2.20. The number of rotatable bonds is 5.